The number of halogens is 1. The quantitative estimate of drug-likeness (QED) is 0.654. The Morgan fingerprint density at radius 1 is 1.46 bits per heavy atom. The first kappa shape index (κ1) is 7.97. The lowest BCUT2D eigenvalue weighted by molar-refractivity contribution is 0.605. The summed E-state index contributed by atoms with van der Waals surface area (Å²) < 4.78 is 14.7. The Labute approximate surface area is 74.6 Å². The number of nitrogens with zero attached hydrogens (tertiary/aromatic N) is 4. The van der Waals surface area contributed by atoms with Gasteiger partial charge in [0.25, 0.3) is 0 Å². The Morgan fingerprint density at radius 3 is 2.92 bits per heavy atom. The molecule has 68 valence electrons. The second kappa shape index (κ2) is 2.69. The summed E-state index contributed by atoms with van der Waals surface area (Å²) in [6.07, 6.45) is 2.90. The zero-order valence-corrected chi connectivity index (χ0v) is 7.40. The van der Waals surface area contributed by atoms with E-state index in [1.165, 1.54) is 10.7 Å². The lowest BCUT2D eigenvalue weighted by atomic mass is 10.5. The highest BCUT2D eigenvalue weighted by Gasteiger charge is 2.07. The average Bonchev–Trinajstić information content (AvgIpc) is 2.48. The van der Waals surface area contributed by atoms with Crippen LogP contribution in [0.1, 0.15) is 0 Å². The number of hydrogen-bond acceptors (Lipinski definition) is 3. The predicted octanol–water partition coefficient (Wildman–Crippen LogP) is 0.934. The molecule has 0 aromatic carbocycles. The molecule has 0 N–H and O–H groups in total. The van der Waals surface area contributed by atoms with E-state index in [4.69, 9.17) is 0 Å². The van der Waals surface area contributed by atoms with Gasteiger partial charge in [0.05, 0.1) is 12.4 Å². The SMILES string of the molecule is CN(C)c1nc2ccnn2cc1F. The number of aromatic nitrogens is 3. The van der Waals surface area contributed by atoms with Gasteiger partial charge in [-0.1, -0.05) is 0 Å². The Balaban J connectivity index is 2.69. The molecule has 0 aliphatic carbocycles. The molecule has 0 amide bonds. The summed E-state index contributed by atoms with van der Waals surface area (Å²) in [5.41, 5.74) is 0.644. The van der Waals surface area contributed by atoms with Gasteiger partial charge < -0.3 is 4.90 Å². The van der Waals surface area contributed by atoms with Crippen molar-refractivity contribution >= 4 is 11.5 Å². The second-order valence-corrected chi connectivity index (χ2v) is 2.94. The molecule has 0 unspecified atom stereocenters. The molecule has 2 heterocycles. The third-order valence-electron chi connectivity index (χ3n) is 1.74. The fraction of sp³-hybridized carbons (Fsp3) is 0.250. The van der Waals surface area contributed by atoms with Crippen molar-refractivity contribution < 1.29 is 4.39 Å². The third-order valence-corrected chi connectivity index (χ3v) is 1.74. The smallest absolute Gasteiger partial charge is 0.184 e. The fourth-order valence-electron chi connectivity index (χ4n) is 1.14. The van der Waals surface area contributed by atoms with Crippen LogP contribution in [0.2, 0.25) is 0 Å². The molecule has 5 heteroatoms. The Bertz CT molecular complexity index is 435. The summed E-state index contributed by atoms with van der Waals surface area (Å²) >= 11 is 0. The van der Waals surface area contributed by atoms with E-state index >= 15 is 0 Å². The lowest BCUT2D eigenvalue weighted by Gasteiger charge is -2.11. The van der Waals surface area contributed by atoms with Crippen LogP contribution in [-0.2, 0) is 0 Å². The van der Waals surface area contributed by atoms with Crippen molar-refractivity contribution in [1.82, 2.24) is 14.6 Å². The molecule has 0 saturated heterocycles. The highest BCUT2D eigenvalue weighted by atomic mass is 19.1. The normalized spacial score (nSPS) is 10.7. The zero-order valence-electron chi connectivity index (χ0n) is 7.40. The Morgan fingerprint density at radius 2 is 2.23 bits per heavy atom. The van der Waals surface area contributed by atoms with Crippen molar-refractivity contribution in [3.8, 4) is 0 Å². The van der Waals surface area contributed by atoms with Gasteiger partial charge in [-0.25, -0.2) is 13.9 Å². The van der Waals surface area contributed by atoms with E-state index in [-0.39, 0.29) is 5.82 Å². The molecular formula is C8H9FN4. The number of anilines is 1. The zero-order chi connectivity index (χ0) is 9.42. The van der Waals surface area contributed by atoms with Gasteiger partial charge in [0.2, 0.25) is 0 Å². The average molecular weight is 180 g/mol. The van der Waals surface area contributed by atoms with Gasteiger partial charge in [-0.2, -0.15) is 5.10 Å². The Hall–Kier alpha value is -1.65. The van der Waals surface area contributed by atoms with E-state index in [0.717, 1.165) is 0 Å². The summed E-state index contributed by atoms with van der Waals surface area (Å²) in [5.74, 6) is -0.0470. The standard InChI is InChI=1S/C8H9FN4/c1-12(2)8-6(9)5-13-7(11-8)3-4-10-13/h3-5H,1-2H3. The molecule has 0 aliphatic rings. The van der Waals surface area contributed by atoms with Gasteiger partial charge in [0, 0.05) is 20.2 Å². The molecule has 0 radical (unpaired) electrons. The maximum absolute atomic E-state index is 13.3. The molecule has 0 aliphatic heterocycles. The van der Waals surface area contributed by atoms with Crippen LogP contribution in [0.5, 0.6) is 0 Å². The molecule has 0 spiro atoms. The van der Waals surface area contributed by atoms with Crippen molar-refractivity contribution in [2.45, 2.75) is 0 Å². The van der Waals surface area contributed by atoms with Crippen LogP contribution >= 0.6 is 0 Å². The maximum Gasteiger partial charge on any atom is 0.184 e. The van der Waals surface area contributed by atoms with Gasteiger partial charge in [-0.05, 0) is 0 Å². The molecule has 2 aromatic heterocycles. The van der Waals surface area contributed by atoms with E-state index in [0.29, 0.717) is 11.5 Å². The van der Waals surface area contributed by atoms with Crippen LogP contribution in [0.3, 0.4) is 0 Å². The summed E-state index contributed by atoms with van der Waals surface area (Å²) in [6, 6.07) is 1.73. The fourth-order valence-corrected chi connectivity index (χ4v) is 1.14. The summed E-state index contributed by atoms with van der Waals surface area (Å²) in [4.78, 5) is 5.71. The van der Waals surface area contributed by atoms with E-state index in [2.05, 4.69) is 10.1 Å². The van der Waals surface area contributed by atoms with E-state index in [1.54, 1.807) is 31.3 Å². The molecule has 4 nitrogen and oxygen atoms in total. The van der Waals surface area contributed by atoms with Crippen molar-refractivity contribution in [3.05, 3.63) is 24.3 Å². The molecule has 13 heavy (non-hydrogen) atoms. The summed E-state index contributed by atoms with van der Waals surface area (Å²) in [6.45, 7) is 0. The van der Waals surface area contributed by atoms with Crippen LogP contribution < -0.4 is 4.90 Å². The predicted molar refractivity (Wildman–Crippen MR) is 47.3 cm³/mol. The van der Waals surface area contributed by atoms with Gasteiger partial charge in [-0.15, -0.1) is 0 Å². The monoisotopic (exact) mass is 180 g/mol. The molecule has 0 atom stereocenters. The summed E-state index contributed by atoms with van der Waals surface area (Å²) in [7, 11) is 3.50. The van der Waals surface area contributed by atoms with Crippen LogP contribution in [0.4, 0.5) is 10.2 Å². The first-order valence-electron chi connectivity index (χ1n) is 3.85. The highest BCUT2D eigenvalue weighted by molar-refractivity contribution is 5.47. The first-order chi connectivity index (χ1) is 6.18. The minimum Gasteiger partial charge on any atom is -0.360 e. The number of rotatable bonds is 1. The molecule has 0 saturated carbocycles. The first-order valence-corrected chi connectivity index (χ1v) is 3.85. The van der Waals surface area contributed by atoms with Crippen molar-refractivity contribution in [3.63, 3.8) is 0 Å². The summed E-state index contributed by atoms with van der Waals surface area (Å²) in [5, 5.41) is 3.88. The van der Waals surface area contributed by atoms with Gasteiger partial charge >= 0.3 is 0 Å². The van der Waals surface area contributed by atoms with Gasteiger partial charge in [0.15, 0.2) is 17.3 Å². The van der Waals surface area contributed by atoms with Crippen LogP contribution in [0.15, 0.2) is 18.5 Å². The van der Waals surface area contributed by atoms with Crippen LogP contribution in [0.25, 0.3) is 5.65 Å². The van der Waals surface area contributed by atoms with Crippen LogP contribution in [0, 0.1) is 5.82 Å². The topological polar surface area (TPSA) is 33.4 Å². The highest BCUT2D eigenvalue weighted by Crippen LogP contribution is 2.14. The molecule has 2 rings (SSSR count). The maximum atomic E-state index is 13.3. The van der Waals surface area contributed by atoms with E-state index in [1.807, 2.05) is 0 Å². The minimum absolute atomic E-state index is 0.327. The largest absolute Gasteiger partial charge is 0.360 e. The van der Waals surface area contributed by atoms with Crippen molar-refractivity contribution in [2.24, 2.45) is 0 Å². The van der Waals surface area contributed by atoms with Crippen molar-refractivity contribution in [1.29, 1.82) is 0 Å². The van der Waals surface area contributed by atoms with E-state index in [9.17, 15) is 4.39 Å². The third kappa shape index (κ3) is 1.22. The van der Waals surface area contributed by atoms with Gasteiger partial charge in [-0.3, -0.25) is 0 Å². The molecule has 2 aromatic rings. The van der Waals surface area contributed by atoms with Gasteiger partial charge in [0.1, 0.15) is 0 Å². The minimum atomic E-state index is -0.374. The molecule has 0 fully saturated rings. The Kier molecular flexibility index (Phi) is 1.65. The van der Waals surface area contributed by atoms with E-state index < -0.39 is 0 Å². The number of hydrogen-bond donors (Lipinski definition) is 0. The van der Waals surface area contributed by atoms with Crippen molar-refractivity contribution in [2.75, 3.05) is 19.0 Å². The number of fused-ring (bicyclic) bond motifs is 1. The second-order valence-electron chi connectivity index (χ2n) is 2.94. The van der Waals surface area contributed by atoms with Crippen LogP contribution in [-0.4, -0.2) is 28.7 Å². The lowest BCUT2D eigenvalue weighted by Crippen LogP contribution is -2.13. The molecular weight excluding hydrogens is 171 g/mol. The molecule has 0 bridgehead atoms.